The Labute approximate surface area is 139 Å². The minimum atomic E-state index is -0.311. The second kappa shape index (κ2) is 6.70. The zero-order valence-corrected chi connectivity index (χ0v) is 13.6. The van der Waals surface area contributed by atoms with Gasteiger partial charge in [-0.2, -0.15) is 0 Å². The monoisotopic (exact) mass is 327 g/mol. The first kappa shape index (κ1) is 16.0. The molecule has 6 heteroatoms. The highest BCUT2D eigenvalue weighted by Gasteiger charge is 2.11. The van der Waals surface area contributed by atoms with Crippen molar-refractivity contribution in [1.29, 1.82) is 0 Å². The van der Waals surface area contributed by atoms with Gasteiger partial charge < -0.3 is 14.2 Å². The minimum absolute atomic E-state index is 0.0154. The zero-order chi connectivity index (χ0) is 17.1. The highest BCUT2D eigenvalue weighted by atomic mass is 19.1. The van der Waals surface area contributed by atoms with E-state index >= 15 is 0 Å². The van der Waals surface area contributed by atoms with Crippen LogP contribution in [-0.4, -0.2) is 34.0 Å². The SMILES string of the molecule is CCN(C)C(=O)Cn1cnc2ccc(Oc3ccc(F)cc3)cc21. The lowest BCUT2D eigenvalue weighted by molar-refractivity contribution is -0.130. The highest BCUT2D eigenvalue weighted by Crippen LogP contribution is 2.25. The molecule has 5 nitrogen and oxygen atoms in total. The van der Waals surface area contributed by atoms with Gasteiger partial charge in [-0.1, -0.05) is 0 Å². The van der Waals surface area contributed by atoms with Crippen LogP contribution in [0.2, 0.25) is 0 Å². The molecule has 0 atom stereocenters. The predicted molar refractivity (Wildman–Crippen MR) is 89.5 cm³/mol. The summed E-state index contributed by atoms with van der Waals surface area (Å²) in [6, 6.07) is 11.3. The number of carbonyl (C=O) groups excluding carboxylic acids is 1. The van der Waals surface area contributed by atoms with Crippen LogP contribution in [0.5, 0.6) is 11.5 Å². The van der Waals surface area contributed by atoms with E-state index in [-0.39, 0.29) is 18.3 Å². The van der Waals surface area contributed by atoms with Crippen molar-refractivity contribution in [2.75, 3.05) is 13.6 Å². The van der Waals surface area contributed by atoms with Gasteiger partial charge in [-0.3, -0.25) is 4.79 Å². The Kier molecular flexibility index (Phi) is 4.46. The number of nitrogens with zero attached hydrogens (tertiary/aromatic N) is 3. The molecular formula is C18H18FN3O2. The van der Waals surface area contributed by atoms with Crippen molar-refractivity contribution in [3.8, 4) is 11.5 Å². The Morgan fingerprint density at radius 1 is 1.21 bits per heavy atom. The number of rotatable bonds is 5. The summed E-state index contributed by atoms with van der Waals surface area (Å²) in [5.41, 5.74) is 1.60. The van der Waals surface area contributed by atoms with Crippen LogP contribution in [-0.2, 0) is 11.3 Å². The van der Waals surface area contributed by atoms with Crippen LogP contribution in [0.4, 0.5) is 4.39 Å². The third-order valence-electron chi connectivity index (χ3n) is 3.85. The number of hydrogen-bond donors (Lipinski definition) is 0. The molecule has 3 rings (SSSR count). The molecule has 1 amide bonds. The quantitative estimate of drug-likeness (QED) is 0.721. The van der Waals surface area contributed by atoms with E-state index in [1.807, 2.05) is 19.1 Å². The molecule has 0 spiro atoms. The molecule has 1 heterocycles. The van der Waals surface area contributed by atoms with E-state index in [9.17, 15) is 9.18 Å². The van der Waals surface area contributed by atoms with E-state index in [0.717, 1.165) is 11.0 Å². The highest BCUT2D eigenvalue weighted by molar-refractivity contribution is 5.81. The van der Waals surface area contributed by atoms with Gasteiger partial charge in [0.1, 0.15) is 23.9 Å². The maximum Gasteiger partial charge on any atom is 0.242 e. The smallest absolute Gasteiger partial charge is 0.242 e. The molecule has 0 radical (unpaired) electrons. The second-order valence-corrected chi connectivity index (χ2v) is 5.49. The van der Waals surface area contributed by atoms with E-state index in [2.05, 4.69) is 4.98 Å². The summed E-state index contributed by atoms with van der Waals surface area (Å²) in [6.45, 7) is 2.81. The standard InChI is InChI=1S/C18H18FN3O2/c1-3-21(2)18(23)11-22-12-20-16-9-8-15(10-17(16)22)24-14-6-4-13(19)5-7-14/h4-10,12H,3,11H2,1-2H3. The van der Waals surface area contributed by atoms with Gasteiger partial charge in [0.2, 0.25) is 5.91 Å². The van der Waals surface area contributed by atoms with Crippen LogP contribution >= 0.6 is 0 Å². The van der Waals surface area contributed by atoms with Crippen molar-refractivity contribution < 1.29 is 13.9 Å². The number of fused-ring (bicyclic) bond motifs is 1. The number of hydrogen-bond acceptors (Lipinski definition) is 3. The van der Waals surface area contributed by atoms with Gasteiger partial charge >= 0.3 is 0 Å². The Bertz CT molecular complexity index is 858. The van der Waals surface area contributed by atoms with Gasteiger partial charge in [-0.05, 0) is 43.3 Å². The Balaban J connectivity index is 1.85. The molecule has 2 aromatic carbocycles. The van der Waals surface area contributed by atoms with Crippen LogP contribution in [0.25, 0.3) is 11.0 Å². The summed E-state index contributed by atoms with van der Waals surface area (Å²) >= 11 is 0. The van der Waals surface area contributed by atoms with Gasteiger partial charge in [0, 0.05) is 19.7 Å². The van der Waals surface area contributed by atoms with E-state index in [4.69, 9.17) is 4.74 Å². The van der Waals surface area contributed by atoms with Crippen molar-refractivity contribution in [3.63, 3.8) is 0 Å². The lowest BCUT2D eigenvalue weighted by atomic mass is 10.3. The first-order chi connectivity index (χ1) is 11.6. The van der Waals surface area contributed by atoms with Gasteiger partial charge in [0.15, 0.2) is 0 Å². The van der Waals surface area contributed by atoms with E-state index in [1.54, 1.807) is 41.0 Å². The van der Waals surface area contributed by atoms with Crippen LogP contribution in [0.3, 0.4) is 0 Å². The summed E-state index contributed by atoms with van der Waals surface area (Å²) < 4.78 is 20.5. The Morgan fingerprint density at radius 3 is 2.62 bits per heavy atom. The topological polar surface area (TPSA) is 47.4 Å². The minimum Gasteiger partial charge on any atom is -0.457 e. The van der Waals surface area contributed by atoms with Crippen molar-refractivity contribution in [2.24, 2.45) is 0 Å². The maximum absolute atomic E-state index is 13.0. The molecule has 124 valence electrons. The van der Waals surface area contributed by atoms with Gasteiger partial charge in [0.05, 0.1) is 17.4 Å². The summed E-state index contributed by atoms with van der Waals surface area (Å²) in [6.07, 6.45) is 1.65. The van der Waals surface area contributed by atoms with Crippen LogP contribution in [0.1, 0.15) is 6.92 Å². The van der Waals surface area contributed by atoms with E-state index in [1.165, 1.54) is 12.1 Å². The van der Waals surface area contributed by atoms with Crippen molar-refractivity contribution >= 4 is 16.9 Å². The first-order valence-electron chi connectivity index (χ1n) is 7.69. The molecule has 24 heavy (non-hydrogen) atoms. The van der Waals surface area contributed by atoms with Gasteiger partial charge in [-0.25, -0.2) is 9.37 Å². The number of halogens is 1. The third-order valence-corrected chi connectivity index (χ3v) is 3.85. The number of ether oxygens (including phenoxy) is 1. The molecule has 0 saturated carbocycles. The lowest BCUT2D eigenvalue weighted by Gasteiger charge is -2.15. The van der Waals surface area contributed by atoms with Crippen LogP contribution in [0, 0.1) is 5.82 Å². The fourth-order valence-corrected chi connectivity index (χ4v) is 2.31. The summed E-state index contributed by atoms with van der Waals surface area (Å²) in [4.78, 5) is 18.1. The molecule has 0 bridgehead atoms. The first-order valence-corrected chi connectivity index (χ1v) is 7.69. The second-order valence-electron chi connectivity index (χ2n) is 5.49. The molecule has 0 N–H and O–H groups in total. The van der Waals surface area contributed by atoms with Gasteiger partial charge in [-0.15, -0.1) is 0 Å². The largest absolute Gasteiger partial charge is 0.457 e. The summed E-state index contributed by atoms with van der Waals surface area (Å²) in [5, 5.41) is 0. The number of likely N-dealkylation sites (N-methyl/N-ethyl adjacent to an activating group) is 1. The predicted octanol–water partition coefficient (Wildman–Crippen LogP) is 3.45. The van der Waals surface area contributed by atoms with Crippen molar-refractivity contribution in [1.82, 2.24) is 14.5 Å². The molecule has 1 aromatic heterocycles. The molecular weight excluding hydrogens is 309 g/mol. The molecule has 0 aliphatic carbocycles. The van der Waals surface area contributed by atoms with E-state index < -0.39 is 0 Å². The molecule has 0 aliphatic heterocycles. The average molecular weight is 327 g/mol. The Morgan fingerprint density at radius 2 is 1.92 bits per heavy atom. The zero-order valence-electron chi connectivity index (χ0n) is 13.6. The van der Waals surface area contributed by atoms with Crippen molar-refractivity contribution in [2.45, 2.75) is 13.5 Å². The normalized spacial score (nSPS) is 10.8. The molecule has 0 fully saturated rings. The van der Waals surface area contributed by atoms with Crippen molar-refractivity contribution in [3.05, 3.63) is 54.6 Å². The molecule has 3 aromatic rings. The Hall–Kier alpha value is -2.89. The lowest BCUT2D eigenvalue weighted by Crippen LogP contribution is -2.29. The average Bonchev–Trinajstić information content (AvgIpc) is 2.98. The fraction of sp³-hybridized carbons (Fsp3) is 0.222. The number of amides is 1. The summed E-state index contributed by atoms with van der Waals surface area (Å²) in [5.74, 6) is 0.854. The molecule has 0 saturated heterocycles. The summed E-state index contributed by atoms with van der Waals surface area (Å²) in [7, 11) is 1.77. The van der Waals surface area contributed by atoms with Crippen LogP contribution in [0.15, 0.2) is 48.8 Å². The maximum atomic E-state index is 13.0. The molecule has 0 aliphatic rings. The van der Waals surface area contributed by atoms with E-state index in [0.29, 0.717) is 18.0 Å². The number of benzene rings is 2. The number of imidazole rings is 1. The molecule has 0 unspecified atom stereocenters. The fourth-order valence-electron chi connectivity index (χ4n) is 2.31. The number of aromatic nitrogens is 2. The van der Waals surface area contributed by atoms with Gasteiger partial charge in [0.25, 0.3) is 0 Å². The van der Waals surface area contributed by atoms with Crippen LogP contribution < -0.4 is 4.74 Å². The number of carbonyl (C=O) groups is 1. The third kappa shape index (κ3) is 3.37.